The van der Waals surface area contributed by atoms with Crippen molar-refractivity contribution < 1.29 is 9.90 Å². The number of phenols is 1. The molecule has 0 saturated carbocycles. The fourth-order valence-electron chi connectivity index (χ4n) is 2.79. The zero-order chi connectivity index (χ0) is 14.7. The summed E-state index contributed by atoms with van der Waals surface area (Å²) in [6.45, 7) is 4.15. The lowest BCUT2D eigenvalue weighted by Gasteiger charge is -2.38. The topological polar surface area (TPSA) is 55.8 Å². The summed E-state index contributed by atoms with van der Waals surface area (Å²) in [5.41, 5.74) is 1.10. The van der Waals surface area contributed by atoms with Gasteiger partial charge in [-0.1, -0.05) is 0 Å². The van der Waals surface area contributed by atoms with Crippen LogP contribution in [0.15, 0.2) is 24.3 Å². The Kier molecular flexibility index (Phi) is 4.55. The van der Waals surface area contributed by atoms with E-state index >= 15 is 0 Å². The van der Waals surface area contributed by atoms with E-state index in [0.717, 1.165) is 49.9 Å². The van der Waals surface area contributed by atoms with Crippen LogP contribution in [0.25, 0.3) is 0 Å². The molecule has 0 aromatic heterocycles. The first-order chi connectivity index (χ1) is 10.2. The summed E-state index contributed by atoms with van der Waals surface area (Å²) in [5, 5.41) is 12.6. The van der Waals surface area contributed by atoms with Crippen LogP contribution in [-0.4, -0.2) is 66.2 Å². The smallest absolute Gasteiger partial charge is 0.240 e. The number of nitrogens with one attached hydrogen (secondary N) is 1. The molecule has 3 rings (SSSR count). The van der Waals surface area contributed by atoms with E-state index in [0.29, 0.717) is 0 Å². The molecule has 2 N–H and O–H groups in total. The highest BCUT2D eigenvalue weighted by atomic mass is 32.2. The second-order valence-corrected chi connectivity index (χ2v) is 6.56. The third-order valence-corrected chi connectivity index (χ3v) is 5.09. The van der Waals surface area contributed by atoms with Gasteiger partial charge in [-0.25, -0.2) is 0 Å². The van der Waals surface area contributed by atoms with Crippen molar-refractivity contribution in [1.29, 1.82) is 0 Å². The Labute approximate surface area is 129 Å². The van der Waals surface area contributed by atoms with Gasteiger partial charge in [-0.2, -0.15) is 11.8 Å². The summed E-state index contributed by atoms with van der Waals surface area (Å²) in [5.74, 6) is 2.51. The molecule has 1 aromatic rings. The predicted octanol–water partition coefficient (Wildman–Crippen LogP) is 0.746. The van der Waals surface area contributed by atoms with E-state index in [1.807, 2.05) is 28.8 Å². The van der Waals surface area contributed by atoms with Gasteiger partial charge in [0.2, 0.25) is 5.91 Å². The van der Waals surface area contributed by atoms with Gasteiger partial charge in [-0.05, 0) is 24.3 Å². The van der Waals surface area contributed by atoms with Gasteiger partial charge in [-0.15, -0.1) is 0 Å². The number of phenolic OH excluding ortho intramolecular Hbond substituents is 1. The molecule has 0 aliphatic carbocycles. The molecule has 1 atom stereocenters. The standard InChI is InChI=1S/C15H21N3O2S/c19-13-3-1-12(2-4-13)17-6-8-18(9-7-17)15(20)14-11-21-10-5-16-14/h1-4,14,16,19H,5-11H2. The van der Waals surface area contributed by atoms with E-state index in [1.54, 1.807) is 12.1 Å². The Balaban J connectivity index is 1.54. The minimum Gasteiger partial charge on any atom is -0.508 e. The van der Waals surface area contributed by atoms with Gasteiger partial charge in [-0.3, -0.25) is 4.79 Å². The number of hydrogen-bond donors (Lipinski definition) is 2. The van der Waals surface area contributed by atoms with Gasteiger partial charge in [0.1, 0.15) is 5.75 Å². The minimum atomic E-state index is -0.0102. The number of thioether (sulfide) groups is 1. The molecule has 1 aromatic carbocycles. The summed E-state index contributed by atoms with van der Waals surface area (Å²) in [7, 11) is 0. The summed E-state index contributed by atoms with van der Waals surface area (Å²) in [4.78, 5) is 16.7. The maximum Gasteiger partial charge on any atom is 0.240 e. The van der Waals surface area contributed by atoms with Gasteiger partial charge >= 0.3 is 0 Å². The van der Waals surface area contributed by atoms with Crippen molar-refractivity contribution in [3.8, 4) is 5.75 Å². The van der Waals surface area contributed by atoms with Crippen LogP contribution in [-0.2, 0) is 4.79 Å². The first kappa shape index (κ1) is 14.5. The van der Waals surface area contributed by atoms with Gasteiger partial charge < -0.3 is 20.2 Å². The summed E-state index contributed by atoms with van der Waals surface area (Å²) in [6.07, 6.45) is 0. The number of amides is 1. The maximum absolute atomic E-state index is 12.4. The molecule has 6 heteroatoms. The molecule has 2 saturated heterocycles. The lowest BCUT2D eigenvalue weighted by molar-refractivity contribution is -0.133. The minimum absolute atomic E-state index is 0.0102. The SMILES string of the molecule is O=C(C1CSCCN1)N1CCN(c2ccc(O)cc2)CC1. The van der Waals surface area contributed by atoms with Crippen LogP contribution in [0, 0.1) is 0 Å². The van der Waals surface area contributed by atoms with E-state index in [1.165, 1.54) is 0 Å². The van der Waals surface area contributed by atoms with Crippen molar-refractivity contribution in [3.05, 3.63) is 24.3 Å². The number of anilines is 1. The van der Waals surface area contributed by atoms with Crippen LogP contribution in [0.5, 0.6) is 5.75 Å². The van der Waals surface area contributed by atoms with Crippen molar-refractivity contribution in [2.45, 2.75) is 6.04 Å². The molecule has 1 unspecified atom stereocenters. The van der Waals surface area contributed by atoms with Crippen LogP contribution in [0.2, 0.25) is 0 Å². The van der Waals surface area contributed by atoms with Crippen molar-refractivity contribution in [2.24, 2.45) is 0 Å². The molecule has 2 fully saturated rings. The number of carbonyl (C=O) groups is 1. The Morgan fingerprint density at radius 1 is 1.19 bits per heavy atom. The van der Waals surface area contributed by atoms with Crippen LogP contribution in [0.4, 0.5) is 5.69 Å². The van der Waals surface area contributed by atoms with E-state index in [9.17, 15) is 9.90 Å². The molecule has 1 amide bonds. The molecule has 114 valence electrons. The molecule has 21 heavy (non-hydrogen) atoms. The van der Waals surface area contributed by atoms with Crippen molar-refractivity contribution >= 4 is 23.4 Å². The highest BCUT2D eigenvalue weighted by Gasteiger charge is 2.28. The molecular weight excluding hydrogens is 286 g/mol. The molecule has 2 aliphatic rings. The Bertz CT molecular complexity index is 480. The number of piperazine rings is 1. The van der Waals surface area contributed by atoms with Crippen LogP contribution in [0.1, 0.15) is 0 Å². The summed E-state index contributed by atoms with van der Waals surface area (Å²) < 4.78 is 0. The maximum atomic E-state index is 12.4. The number of carbonyl (C=O) groups excluding carboxylic acids is 1. The average molecular weight is 307 g/mol. The highest BCUT2D eigenvalue weighted by molar-refractivity contribution is 7.99. The van der Waals surface area contributed by atoms with Crippen LogP contribution >= 0.6 is 11.8 Å². The largest absolute Gasteiger partial charge is 0.508 e. The first-order valence-electron chi connectivity index (χ1n) is 7.38. The Hall–Kier alpha value is -1.40. The zero-order valence-corrected chi connectivity index (χ0v) is 12.8. The first-order valence-corrected chi connectivity index (χ1v) is 8.53. The van der Waals surface area contributed by atoms with Crippen molar-refractivity contribution in [3.63, 3.8) is 0 Å². The quantitative estimate of drug-likeness (QED) is 0.844. The Morgan fingerprint density at radius 2 is 1.90 bits per heavy atom. The number of hydrogen-bond acceptors (Lipinski definition) is 5. The van der Waals surface area contributed by atoms with Crippen molar-refractivity contribution in [2.75, 3.05) is 49.1 Å². The summed E-state index contributed by atoms with van der Waals surface area (Å²) >= 11 is 1.85. The lowest BCUT2D eigenvalue weighted by Crippen LogP contribution is -2.56. The third-order valence-electron chi connectivity index (χ3n) is 4.03. The summed E-state index contributed by atoms with van der Waals surface area (Å²) in [6, 6.07) is 7.24. The van der Waals surface area contributed by atoms with Crippen LogP contribution in [0.3, 0.4) is 0 Å². The van der Waals surface area contributed by atoms with E-state index < -0.39 is 0 Å². The fraction of sp³-hybridized carbons (Fsp3) is 0.533. The number of aromatic hydroxyl groups is 1. The molecular formula is C15H21N3O2S. The molecule has 5 nitrogen and oxygen atoms in total. The molecule has 2 aliphatic heterocycles. The average Bonchev–Trinajstić information content (AvgIpc) is 2.56. The molecule has 2 heterocycles. The second-order valence-electron chi connectivity index (χ2n) is 5.41. The van der Waals surface area contributed by atoms with E-state index in [-0.39, 0.29) is 17.7 Å². The number of benzene rings is 1. The van der Waals surface area contributed by atoms with Crippen molar-refractivity contribution in [1.82, 2.24) is 10.2 Å². The predicted molar refractivity (Wildman–Crippen MR) is 86.0 cm³/mol. The molecule has 0 radical (unpaired) electrons. The molecule has 0 spiro atoms. The van der Waals surface area contributed by atoms with Gasteiger partial charge in [0.25, 0.3) is 0 Å². The van der Waals surface area contributed by atoms with Gasteiger partial charge in [0, 0.05) is 49.9 Å². The monoisotopic (exact) mass is 307 g/mol. The van der Waals surface area contributed by atoms with Gasteiger partial charge in [0.15, 0.2) is 0 Å². The van der Waals surface area contributed by atoms with Gasteiger partial charge in [0.05, 0.1) is 6.04 Å². The van der Waals surface area contributed by atoms with E-state index in [2.05, 4.69) is 10.2 Å². The highest BCUT2D eigenvalue weighted by Crippen LogP contribution is 2.20. The zero-order valence-electron chi connectivity index (χ0n) is 12.0. The number of nitrogens with zero attached hydrogens (tertiary/aromatic N) is 2. The second kappa shape index (κ2) is 6.58. The van der Waals surface area contributed by atoms with Crippen LogP contribution < -0.4 is 10.2 Å². The molecule has 0 bridgehead atoms. The Morgan fingerprint density at radius 3 is 2.52 bits per heavy atom. The lowest BCUT2D eigenvalue weighted by atomic mass is 10.2. The van der Waals surface area contributed by atoms with E-state index in [4.69, 9.17) is 0 Å². The number of rotatable bonds is 2. The third kappa shape index (κ3) is 3.44. The fourth-order valence-corrected chi connectivity index (χ4v) is 3.72. The normalized spacial score (nSPS) is 23.1.